The first-order valence-corrected chi connectivity index (χ1v) is 5.50. The molecule has 3 heterocycles. The average Bonchev–Trinajstić information content (AvgIpc) is 2.68. The van der Waals surface area contributed by atoms with E-state index in [4.69, 9.17) is 0 Å². The highest BCUT2D eigenvalue weighted by molar-refractivity contribution is 6.30. The molecule has 0 aromatic carbocycles. The summed E-state index contributed by atoms with van der Waals surface area (Å²) < 4.78 is 0. The smallest absolute Gasteiger partial charge is 0.282 e. The number of nitrogens with zero attached hydrogens (tertiary/aromatic N) is 4. The molecule has 1 amide bonds. The molecular weight excluding hydrogens is 216 g/mol. The Hall–Kier alpha value is -2.17. The first kappa shape index (κ1) is 10.0. The van der Waals surface area contributed by atoms with E-state index in [1.807, 2.05) is 24.2 Å². The van der Waals surface area contributed by atoms with Crippen molar-refractivity contribution in [1.29, 1.82) is 0 Å². The van der Waals surface area contributed by atoms with Crippen molar-refractivity contribution in [2.24, 2.45) is 5.10 Å². The van der Waals surface area contributed by atoms with Crippen LogP contribution in [-0.2, 0) is 4.79 Å². The van der Waals surface area contributed by atoms with Crippen LogP contribution >= 0.6 is 0 Å². The lowest BCUT2D eigenvalue weighted by Gasteiger charge is -2.19. The zero-order valence-electron chi connectivity index (χ0n) is 9.50. The van der Waals surface area contributed by atoms with Crippen LogP contribution < -0.4 is 5.01 Å². The number of carbonyl (C=O) groups is 1. The Kier molecular flexibility index (Phi) is 2.18. The van der Waals surface area contributed by atoms with Crippen LogP contribution in [0.2, 0.25) is 0 Å². The SMILES string of the molecule is CN1C=C2C(=O)N(c3cccnc3)N=C2CC1. The van der Waals surface area contributed by atoms with E-state index >= 15 is 0 Å². The van der Waals surface area contributed by atoms with Crippen LogP contribution in [0.25, 0.3) is 0 Å². The van der Waals surface area contributed by atoms with Gasteiger partial charge in [-0.3, -0.25) is 9.78 Å². The van der Waals surface area contributed by atoms with Gasteiger partial charge in [0, 0.05) is 32.4 Å². The summed E-state index contributed by atoms with van der Waals surface area (Å²) in [7, 11) is 1.96. The Labute approximate surface area is 99.1 Å². The van der Waals surface area contributed by atoms with Gasteiger partial charge in [0.2, 0.25) is 0 Å². The standard InChI is InChI=1S/C12H12N4O/c1-15-6-4-11-10(8-15)12(17)16(14-11)9-3-2-5-13-7-9/h2-3,5,7-8H,4,6H2,1H3. The molecule has 5 nitrogen and oxygen atoms in total. The molecule has 2 aliphatic rings. The molecule has 3 rings (SSSR count). The predicted octanol–water partition coefficient (Wildman–Crippen LogP) is 1.00. The summed E-state index contributed by atoms with van der Waals surface area (Å²) in [6.45, 7) is 0.899. The number of amides is 1. The lowest BCUT2D eigenvalue weighted by atomic mass is 10.1. The van der Waals surface area contributed by atoms with E-state index in [1.54, 1.807) is 18.5 Å². The van der Waals surface area contributed by atoms with Gasteiger partial charge in [-0.05, 0) is 12.1 Å². The molecule has 0 saturated heterocycles. The molecule has 0 fully saturated rings. The third-order valence-electron chi connectivity index (χ3n) is 2.90. The molecule has 0 bridgehead atoms. The Morgan fingerprint density at radius 3 is 3.06 bits per heavy atom. The van der Waals surface area contributed by atoms with E-state index in [9.17, 15) is 4.79 Å². The van der Waals surface area contributed by atoms with E-state index in [0.717, 1.165) is 18.7 Å². The lowest BCUT2D eigenvalue weighted by Crippen LogP contribution is -2.27. The van der Waals surface area contributed by atoms with Crippen molar-refractivity contribution < 1.29 is 4.79 Å². The summed E-state index contributed by atoms with van der Waals surface area (Å²) in [5, 5.41) is 5.79. The number of fused-ring (bicyclic) bond motifs is 1. The fraction of sp³-hybridized carbons (Fsp3) is 0.250. The zero-order chi connectivity index (χ0) is 11.8. The maximum atomic E-state index is 12.2. The Morgan fingerprint density at radius 1 is 1.41 bits per heavy atom. The van der Waals surface area contributed by atoms with Crippen LogP contribution in [0.5, 0.6) is 0 Å². The topological polar surface area (TPSA) is 48.8 Å². The molecule has 2 aliphatic heterocycles. The summed E-state index contributed by atoms with van der Waals surface area (Å²) in [5.41, 5.74) is 2.28. The fourth-order valence-corrected chi connectivity index (χ4v) is 1.99. The van der Waals surface area contributed by atoms with Gasteiger partial charge < -0.3 is 4.90 Å². The molecule has 1 aromatic rings. The second-order valence-electron chi connectivity index (χ2n) is 4.15. The van der Waals surface area contributed by atoms with E-state index < -0.39 is 0 Å². The first-order valence-electron chi connectivity index (χ1n) is 5.50. The van der Waals surface area contributed by atoms with Crippen molar-refractivity contribution in [3.05, 3.63) is 36.3 Å². The van der Waals surface area contributed by atoms with Crippen LogP contribution in [0, 0.1) is 0 Å². The molecule has 1 aromatic heterocycles. The molecule has 0 atom stereocenters. The monoisotopic (exact) mass is 228 g/mol. The van der Waals surface area contributed by atoms with Gasteiger partial charge in [0.25, 0.3) is 5.91 Å². The van der Waals surface area contributed by atoms with E-state index in [1.165, 1.54) is 5.01 Å². The molecule has 0 saturated carbocycles. The van der Waals surface area contributed by atoms with Crippen molar-refractivity contribution >= 4 is 17.3 Å². The summed E-state index contributed by atoms with van der Waals surface area (Å²) in [6.07, 6.45) is 5.99. The molecule has 86 valence electrons. The minimum atomic E-state index is -0.0699. The van der Waals surface area contributed by atoms with Gasteiger partial charge in [0.1, 0.15) is 0 Å². The third kappa shape index (κ3) is 1.60. The summed E-state index contributed by atoms with van der Waals surface area (Å²) in [4.78, 5) is 18.2. The molecule has 0 radical (unpaired) electrons. The number of hydrazone groups is 1. The fourth-order valence-electron chi connectivity index (χ4n) is 1.99. The highest BCUT2D eigenvalue weighted by Gasteiger charge is 2.33. The van der Waals surface area contributed by atoms with Crippen molar-refractivity contribution in [3.8, 4) is 0 Å². The van der Waals surface area contributed by atoms with Crippen molar-refractivity contribution in [1.82, 2.24) is 9.88 Å². The van der Waals surface area contributed by atoms with Crippen LogP contribution in [0.4, 0.5) is 5.69 Å². The summed E-state index contributed by atoms with van der Waals surface area (Å²) >= 11 is 0. The Balaban J connectivity index is 1.99. The Morgan fingerprint density at radius 2 is 2.29 bits per heavy atom. The number of anilines is 1. The van der Waals surface area contributed by atoms with Crippen molar-refractivity contribution in [3.63, 3.8) is 0 Å². The molecule has 0 unspecified atom stereocenters. The highest BCUT2D eigenvalue weighted by Crippen LogP contribution is 2.25. The number of aromatic nitrogens is 1. The normalized spacial score (nSPS) is 19.0. The minimum absolute atomic E-state index is 0.0699. The first-order chi connectivity index (χ1) is 8.25. The largest absolute Gasteiger partial charge is 0.379 e. The van der Waals surface area contributed by atoms with Gasteiger partial charge in [-0.1, -0.05) is 0 Å². The molecule has 0 N–H and O–H groups in total. The number of hydrogen-bond donors (Lipinski definition) is 0. The van der Waals surface area contributed by atoms with Gasteiger partial charge >= 0.3 is 0 Å². The molecular formula is C12H12N4O. The maximum absolute atomic E-state index is 12.2. The van der Waals surface area contributed by atoms with Crippen molar-refractivity contribution in [2.45, 2.75) is 6.42 Å². The van der Waals surface area contributed by atoms with Gasteiger partial charge in [0.15, 0.2) is 0 Å². The van der Waals surface area contributed by atoms with Gasteiger partial charge in [-0.15, -0.1) is 0 Å². The number of hydrogen-bond acceptors (Lipinski definition) is 4. The average molecular weight is 228 g/mol. The maximum Gasteiger partial charge on any atom is 0.282 e. The number of rotatable bonds is 1. The van der Waals surface area contributed by atoms with Crippen LogP contribution in [0.1, 0.15) is 6.42 Å². The Bertz CT molecular complexity index is 521. The van der Waals surface area contributed by atoms with E-state index in [2.05, 4.69) is 10.1 Å². The van der Waals surface area contributed by atoms with Crippen LogP contribution in [0.15, 0.2) is 41.4 Å². The zero-order valence-corrected chi connectivity index (χ0v) is 9.50. The third-order valence-corrected chi connectivity index (χ3v) is 2.90. The molecule has 5 heteroatoms. The van der Waals surface area contributed by atoms with Gasteiger partial charge in [-0.2, -0.15) is 10.1 Å². The van der Waals surface area contributed by atoms with Crippen molar-refractivity contribution in [2.75, 3.05) is 18.6 Å². The lowest BCUT2D eigenvalue weighted by molar-refractivity contribution is -0.114. The second-order valence-corrected chi connectivity index (χ2v) is 4.15. The predicted molar refractivity (Wildman–Crippen MR) is 64.5 cm³/mol. The van der Waals surface area contributed by atoms with Crippen LogP contribution in [0.3, 0.4) is 0 Å². The van der Waals surface area contributed by atoms with Gasteiger partial charge in [0.05, 0.1) is 23.2 Å². The molecule has 17 heavy (non-hydrogen) atoms. The highest BCUT2D eigenvalue weighted by atomic mass is 16.2. The number of pyridine rings is 1. The van der Waals surface area contributed by atoms with Gasteiger partial charge in [-0.25, -0.2) is 0 Å². The minimum Gasteiger partial charge on any atom is -0.379 e. The van der Waals surface area contributed by atoms with E-state index in [-0.39, 0.29) is 5.91 Å². The second kappa shape index (κ2) is 3.69. The van der Waals surface area contributed by atoms with E-state index in [0.29, 0.717) is 11.3 Å². The molecule has 0 spiro atoms. The summed E-state index contributed by atoms with van der Waals surface area (Å²) in [5.74, 6) is -0.0699. The van der Waals surface area contributed by atoms with Crippen LogP contribution in [-0.4, -0.2) is 35.1 Å². The molecule has 0 aliphatic carbocycles. The number of carbonyl (C=O) groups excluding carboxylic acids is 1. The quantitative estimate of drug-likeness (QED) is 0.720. The summed E-state index contributed by atoms with van der Waals surface area (Å²) in [6, 6.07) is 3.63.